The monoisotopic (exact) mass is 252 g/mol. The molecule has 0 heterocycles. The number of rotatable bonds is 7. The topological polar surface area (TPSA) is 66.8 Å². The first-order valence-corrected chi connectivity index (χ1v) is 5.85. The van der Waals surface area contributed by atoms with Gasteiger partial charge in [-0.1, -0.05) is 24.3 Å². The Hall–Kier alpha value is -1.57. The second-order valence-electron chi connectivity index (χ2n) is 3.55. The largest absolute Gasteiger partial charge is 0.469 e. The summed E-state index contributed by atoms with van der Waals surface area (Å²) in [7, 11) is 1.36. The fourth-order valence-electron chi connectivity index (χ4n) is 1.09. The lowest BCUT2D eigenvalue weighted by Crippen LogP contribution is -1.99. The summed E-state index contributed by atoms with van der Waals surface area (Å²) in [5.74, 6) is 5.50. The van der Waals surface area contributed by atoms with Gasteiger partial charge in [-0.05, 0) is 6.42 Å². The smallest absolute Gasteiger partial charge is 0.305 e. The van der Waals surface area contributed by atoms with E-state index < -0.39 is 6.10 Å². The Balaban J connectivity index is 3.66. The van der Waals surface area contributed by atoms with Crippen molar-refractivity contribution in [1.82, 2.24) is 0 Å². The summed E-state index contributed by atoms with van der Waals surface area (Å²) in [4.78, 5) is 10.8. The maximum absolute atomic E-state index is 10.8. The molecule has 0 aliphatic rings. The van der Waals surface area contributed by atoms with Gasteiger partial charge in [0.1, 0.15) is 0 Å². The minimum Gasteiger partial charge on any atom is -0.469 e. The predicted molar refractivity (Wildman–Crippen MR) is 69.6 cm³/mol. The highest BCUT2D eigenvalue weighted by Crippen LogP contribution is 1.97. The lowest BCUT2D eigenvalue weighted by molar-refractivity contribution is -0.140. The van der Waals surface area contributed by atoms with Crippen molar-refractivity contribution >= 4 is 5.97 Å². The highest BCUT2D eigenvalue weighted by Gasteiger charge is 1.97. The summed E-state index contributed by atoms with van der Waals surface area (Å²) in [5, 5.41) is 17.9. The van der Waals surface area contributed by atoms with Crippen molar-refractivity contribution < 1.29 is 19.7 Å². The van der Waals surface area contributed by atoms with Crippen molar-refractivity contribution in [3.63, 3.8) is 0 Å². The number of hydrogen-bond acceptors (Lipinski definition) is 4. The molecular weight excluding hydrogens is 232 g/mol. The van der Waals surface area contributed by atoms with E-state index in [1.807, 2.05) is 0 Å². The van der Waals surface area contributed by atoms with E-state index in [9.17, 15) is 9.90 Å². The molecule has 0 fully saturated rings. The Morgan fingerprint density at radius 1 is 1.39 bits per heavy atom. The summed E-state index contributed by atoms with van der Waals surface area (Å²) in [5.41, 5.74) is 0. The van der Waals surface area contributed by atoms with Crippen LogP contribution in [0.15, 0.2) is 24.3 Å². The van der Waals surface area contributed by atoms with Gasteiger partial charge in [-0.15, -0.1) is 11.8 Å². The highest BCUT2D eigenvalue weighted by molar-refractivity contribution is 5.69. The van der Waals surface area contributed by atoms with E-state index >= 15 is 0 Å². The molecule has 0 amide bonds. The number of ether oxygens (including phenoxy) is 1. The summed E-state index contributed by atoms with van der Waals surface area (Å²) < 4.78 is 4.50. The van der Waals surface area contributed by atoms with Crippen molar-refractivity contribution in [2.24, 2.45) is 0 Å². The first-order valence-electron chi connectivity index (χ1n) is 5.85. The van der Waals surface area contributed by atoms with Crippen molar-refractivity contribution in [2.45, 2.75) is 31.8 Å². The molecule has 0 aliphatic carbocycles. The predicted octanol–water partition coefficient (Wildman–Crippen LogP) is 1.19. The molecule has 4 nitrogen and oxygen atoms in total. The third kappa shape index (κ3) is 10.9. The van der Waals surface area contributed by atoms with Crippen LogP contribution in [0, 0.1) is 11.8 Å². The molecule has 0 aromatic rings. The average Bonchev–Trinajstić information content (AvgIpc) is 2.38. The van der Waals surface area contributed by atoms with Crippen molar-refractivity contribution in [3.8, 4) is 11.8 Å². The van der Waals surface area contributed by atoms with E-state index in [4.69, 9.17) is 5.11 Å². The van der Waals surface area contributed by atoms with Crippen LogP contribution < -0.4 is 0 Å². The van der Waals surface area contributed by atoms with Crippen molar-refractivity contribution in [2.75, 3.05) is 13.7 Å². The quantitative estimate of drug-likeness (QED) is 0.309. The summed E-state index contributed by atoms with van der Waals surface area (Å²) >= 11 is 0. The van der Waals surface area contributed by atoms with E-state index in [0.29, 0.717) is 25.7 Å². The third-order valence-electron chi connectivity index (χ3n) is 2.03. The molecule has 0 aromatic carbocycles. The second-order valence-corrected chi connectivity index (χ2v) is 3.55. The van der Waals surface area contributed by atoms with Crippen LogP contribution in [0.1, 0.15) is 25.7 Å². The van der Waals surface area contributed by atoms with Gasteiger partial charge in [0.15, 0.2) is 0 Å². The first-order chi connectivity index (χ1) is 8.70. The molecule has 1 unspecified atom stereocenters. The molecule has 1 atom stereocenters. The maximum Gasteiger partial charge on any atom is 0.305 e. The number of hydrogen-bond donors (Lipinski definition) is 2. The van der Waals surface area contributed by atoms with Gasteiger partial charge in [-0.2, -0.15) is 0 Å². The van der Waals surface area contributed by atoms with Gasteiger partial charge in [-0.3, -0.25) is 4.79 Å². The summed E-state index contributed by atoms with van der Waals surface area (Å²) in [6.07, 6.45) is 7.92. The molecule has 4 heteroatoms. The van der Waals surface area contributed by atoms with Crippen molar-refractivity contribution in [1.29, 1.82) is 0 Å². The van der Waals surface area contributed by atoms with E-state index in [0.717, 1.165) is 0 Å². The van der Waals surface area contributed by atoms with E-state index in [1.165, 1.54) is 7.11 Å². The van der Waals surface area contributed by atoms with Gasteiger partial charge >= 0.3 is 5.97 Å². The van der Waals surface area contributed by atoms with Gasteiger partial charge in [0, 0.05) is 19.3 Å². The molecular formula is C14H20O4. The highest BCUT2D eigenvalue weighted by atomic mass is 16.5. The van der Waals surface area contributed by atoms with Crippen LogP contribution in [0.4, 0.5) is 0 Å². The van der Waals surface area contributed by atoms with Crippen LogP contribution in [0.25, 0.3) is 0 Å². The minimum absolute atomic E-state index is 0.0135. The molecule has 0 bridgehead atoms. The number of allylic oxidation sites excluding steroid dienone is 2. The Labute approximate surface area is 108 Å². The maximum atomic E-state index is 10.8. The molecule has 0 radical (unpaired) electrons. The Bertz CT molecular complexity index is 333. The first kappa shape index (κ1) is 16.4. The van der Waals surface area contributed by atoms with Crippen LogP contribution >= 0.6 is 0 Å². The van der Waals surface area contributed by atoms with E-state index in [2.05, 4.69) is 16.6 Å². The zero-order valence-corrected chi connectivity index (χ0v) is 10.6. The van der Waals surface area contributed by atoms with Crippen LogP contribution in [0.3, 0.4) is 0 Å². The zero-order chi connectivity index (χ0) is 13.6. The van der Waals surface area contributed by atoms with Gasteiger partial charge < -0.3 is 14.9 Å². The summed E-state index contributed by atoms with van der Waals surface area (Å²) in [6, 6.07) is 0. The Morgan fingerprint density at radius 3 is 2.83 bits per heavy atom. The van der Waals surface area contributed by atoms with Crippen LogP contribution in [-0.2, 0) is 9.53 Å². The standard InChI is InChI=1S/C14H20O4/c1-18-14(17)11-7-3-2-5-9-13(16)10-6-4-8-12-15/h4,6,8,10,13,15-16H,3,7,9,11-12H2,1H3/b8-4?,10-6+. The fraction of sp³-hybridized carbons (Fsp3) is 0.500. The SMILES string of the molecule is COC(=O)CCCC#CCC(O)/C=C/C=CCO. The molecule has 2 N–H and O–H groups in total. The molecule has 0 spiro atoms. The summed E-state index contributed by atoms with van der Waals surface area (Å²) in [6.45, 7) is -0.0135. The lowest BCUT2D eigenvalue weighted by Gasteiger charge is -1.97. The zero-order valence-electron chi connectivity index (χ0n) is 10.6. The molecule has 0 saturated carbocycles. The second kappa shape index (κ2) is 11.9. The van der Waals surface area contributed by atoms with E-state index in [-0.39, 0.29) is 12.6 Å². The number of esters is 1. The van der Waals surface area contributed by atoms with E-state index in [1.54, 1.807) is 24.3 Å². The number of carbonyl (C=O) groups excluding carboxylic acids is 1. The van der Waals surface area contributed by atoms with Crippen LogP contribution in [-0.4, -0.2) is 36.0 Å². The third-order valence-corrected chi connectivity index (χ3v) is 2.03. The number of methoxy groups -OCH3 is 1. The normalized spacial score (nSPS) is 12.4. The van der Waals surface area contributed by atoms with Gasteiger partial charge in [0.2, 0.25) is 0 Å². The van der Waals surface area contributed by atoms with Crippen LogP contribution in [0.5, 0.6) is 0 Å². The minimum atomic E-state index is -0.610. The lowest BCUT2D eigenvalue weighted by atomic mass is 10.2. The molecule has 100 valence electrons. The molecule has 0 rings (SSSR count). The molecule has 18 heavy (non-hydrogen) atoms. The number of aliphatic hydroxyl groups excluding tert-OH is 2. The number of carbonyl (C=O) groups is 1. The number of aliphatic hydroxyl groups is 2. The number of unbranched alkanes of at least 4 members (excludes halogenated alkanes) is 1. The van der Waals surface area contributed by atoms with Gasteiger partial charge in [-0.25, -0.2) is 0 Å². The van der Waals surface area contributed by atoms with Crippen LogP contribution in [0.2, 0.25) is 0 Å². The van der Waals surface area contributed by atoms with Crippen molar-refractivity contribution in [3.05, 3.63) is 24.3 Å². The molecule has 0 aromatic heterocycles. The Kier molecular flexibility index (Phi) is 10.9. The average molecular weight is 252 g/mol. The molecule has 0 saturated heterocycles. The van der Waals surface area contributed by atoms with Gasteiger partial charge in [0.25, 0.3) is 0 Å². The van der Waals surface area contributed by atoms with Gasteiger partial charge in [0.05, 0.1) is 19.8 Å². The fourth-order valence-corrected chi connectivity index (χ4v) is 1.09. The Morgan fingerprint density at radius 2 is 2.17 bits per heavy atom. The molecule has 0 aliphatic heterocycles.